The Hall–Kier alpha value is 0.168. The van der Waals surface area contributed by atoms with Crippen molar-refractivity contribution in [1.29, 1.82) is 0 Å². The van der Waals surface area contributed by atoms with Crippen LogP contribution in [0.5, 0.6) is 0 Å². The van der Waals surface area contributed by atoms with Gasteiger partial charge in [0.05, 0.1) is 0 Å². The molecule has 1 rings (SSSR count). The minimum absolute atomic E-state index is 0.217. The van der Waals surface area contributed by atoms with Gasteiger partial charge in [0.1, 0.15) is 0 Å². The second-order valence-corrected chi connectivity index (χ2v) is 12.6. The quantitative estimate of drug-likeness (QED) is 0.104. The second-order valence-electron chi connectivity index (χ2n) is 9.45. The van der Waals surface area contributed by atoms with Crippen molar-refractivity contribution in [2.24, 2.45) is 0 Å². The molecule has 0 aromatic carbocycles. The minimum atomic E-state index is -0.217. The molecular weight excluding hydrogens is 470 g/mol. The molecule has 0 aromatic heterocycles. The van der Waals surface area contributed by atoms with Gasteiger partial charge in [-0.1, -0.05) is 0 Å². The summed E-state index contributed by atoms with van der Waals surface area (Å²) in [6, 6.07) is 0. The Kier molecular flexibility index (Phi) is 19.8. The molecule has 174 valence electrons. The summed E-state index contributed by atoms with van der Waals surface area (Å²) in [6.07, 6.45) is 32.5. The zero-order chi connectivity index (χ0) is 21.7. The maximum absolute atomic E-state index is 2.63. The monoisotopic (exact) mass is 522 g/mol. The van der Waals surface area contributed by atoms with Crippen LogP contribution >= 0.6 is 0 Å². The van der Waals surface area contributed by atoms with Crippen molar-refractivity contribution < 1.29 is 0 Å². The topological polar surface area (TPSA) is 0 Å². The summed E-state index contributed by atoms with van der Waals surface area (Å²) in [6.45, 7) is 6.96. The van der Waals surface area contributed by atoms with Gasteiger partial charge in [-0.25, -0.2) is 0 Å². The molecule has 0 radical (unpaired) electrons. The van der Waals surface area contributed by atoms with Crippen LogP contribution in [0.4, 0.5) is 0 Å². The van der Waals surface area contributed by atoms with Crippen LogP contribution in [0.3, 0.4) is 0 Å². The fourth-order valence-electron chi connectivity index (χ4n) is 4.59. The standard InChI is InChI=1S/C29H53.Sb/c1-5-9-12-15-18-21-24-27-29(26-23-20-17-14-11-7-3)28(8-4)25-22-19-16-13-10-6-2;/h4,8H,5-7,9-26H2,1-3H3;. The third-order valence-corrected chi connectivity index (χ3v) is 9.74. The van der Waals surface area contributed by atoms with Crippen LogP contribution < -0.4 is 0 Å². The summed E-state index contributed by atoms with van der Waals surface area (Å²) < 4.78 is 4.58. The molecule has 30 heavy (non-hydrogen) atoms. The van der Waals surface area contributed by atoms with E-state index in [2.05, 4.69) is 30.9 Å². The molecule has 0 fully saturated rings. The van der Waals surface area contributed by atoms with Crippen LogP contribution in [-0.4, -0.2) is 24.6 Å². The molecule has 0 unspecified atom stereocenters. The molecule has 0 aliphatic carbocycles. The summed E-state index contributed by atoms with van der Waals surface area (Å²) in [5, 5.41) is 0. The average Bonchev–Trinajstić information content (AvgIpc) is 2.76. The zero-order valence-corrected chi connectivity index (χ0v) is 23.5. The van der Waals surface area contributed by atoms with Crippen LogP contribution in [0.25, 0.3) is 0 Å². The van der Waals surface area contributed by atoms with Gasteiger partial charge in [0, 0.05) is 0 Å². The maximum atomic E-state index is 2.63. The third kappa shape index (κ3) is 14.3. The van der Waals surface area contributed by atoms with Gasteiger partial charge in [0.15, 0.2) is 0 Å². The van der Waals surface area contributed by atoms with E-state index < -0.39 is 0 Å². The Morgan fingerprint density at radius 2 is 0.933 bits per heavy atom. The first-order valence-electron chi connectivity index (χ1n) is 13.8. The molecule has 0 atom stereocenters. The van der Waals surface area contributed by atoms with Gasteiger partial charge in [0.2, 0.25) is 0 Å². The first kappa shape index (κ1) is 28.2. The Morgan fingerprint density at radius 1 is 0.500 bits per heavy atom. The summed E-state index contributed by atoms with van der Waals surface area (Å²) in [7, 11) is 0. The molecule has 0 bridgehead atoms. The van der Waals surface area contributed by atoms with Crippen LogP contribution in [-0.2, 0) is 0 Å². The molecule has 0 amide bonds. The summed E-state index contributed by atoms with van der Waals surface area (Å²) in [4.78, 5) is 0. The van der Waals surface area contributed by atoms with E-state index in [0.29, 0.717) is 0 Å². The molecule has 0 saturated heterocycles. The van der Waals surface area contributed by atoms with E-state index in [4.69, 9.17) is 0 Å². The molecule has 0 aromatic rings. The van der Waals surface area contributed by atoms with E-state index >= 15 is 0 Å². The number of allylic oxidation sites excluding steroid dienone is 3. The Labute approximate surface area is 200 Å². The van der Waals surface area contributed by atoms with E-state index in [0.717, 1.165) is 0 Å². The molecule has 1 aliphatic rings. The van der Waals surface area contributed by atoms with Gasteiger partial charge in [-0.2, -0.15) is 0 Å². The number of rotatable bonds is 21. The number of unbranched alkanes of at least 4 members (excludes halogenated alkanes) is 15. The fraction of sp³-hybridized carbons (Fsp3) is 0.828. The van der Waals surface area contributed by atoms with Crippen molar-refractivity contribution in [3.8, 4) is 0 Å². The Balaban J connectivity index is 2.51. The van der Waals surface area contributed by atoms with Crippen molar-refractivity contribution >= 4 is 24.6 Å². The molecule has 1 aliphatic heterocycles. The first-order valence-corrected chi connectivity index (χ1v) is 16.5. The van der Waals surface area contributed by atoms with Gasteiger partial charge in [0.25, 0.3) is 0 Å². The zero-order valence-electron chi connectivity index (χ0n) is 21.0. The molecule has 0 N–H and O–H groups in total. The van der Waals surface area contributed by atoms with E-state index in [1.54, 1.807) is 5.57 Å². The average molecular weight is 524 g/mol. The van der Waals surface area contributed by atoms with Crippen LogP contribution in [0.1, 0.15) is 156 Å². The van der Waals surface area contributed by atoms with Crippen LogP contribution in [0.15, 0.2) is 21.2 Å². The van der Waals surface area contributed by atoms with Crippen molar-refractivity contribution in [2.75, 3.05) is 0 Å². The van der Waals surface area contributed by atoms with Crippen molar-refractivity contribution in [3.05, 3.63) is 21.2 Å². The molecule has 0 nitrogen and oxygen atoms in total. The molecule has 1 heterocycles. The Bertz CT molecular complexity index is 483. The van der Waals surface area contributed by atoms with Crippen molar-refractivity contribution in [2.45, 2.75) is 156 Å². The van der Waals surface area contributed by atoms with Gasteiger partial charge < -0.3 is 0 Å². The van der Waals surface area contributed by atoms with Crippen molar-refractivity contribution in [3.63, 3.8) is 0 Å². The summed E-state index contributed by atoms with van der Waals surface area (Å²) in [5.41, 5.74) is 3.62. The predicted molar refractivity (Wildman–Crippen MR) is 141 cm³/mol. The molecule has 1 heteroatoms. The van der Waals surface area contributed by atoms with Crippen molar-refractivity contribution in [1.82, 2.24) is 0 Å². The first-order chi connectivity index (χ1) is 14.8. The number of hydrogen-bond donors (Lipinski definition) is 0. The van der Waals surface area contributed by atoms with Crippen LogP contribution in [0.2, 0.25) is 0 Å². The molecule has 0 saturated carbocycles. The predicted octanol–water partition coefficient (Wildman–Crippen LogP) is 9.94. The Morgan fingerprint density at radius 3 is 1.47 bits per heavy atom. The number of hydrogen-bond acceptors (Lipinski definition) is 0. The summed E-state index contributed by atoms with van der Waals surface area (Å²) in [5.74, 6) is 0. The van der Waals surface area contributed by atoms with E-state index in [-0.39, 0.29) is 21.1 Å². The SMILES string of the molecule is CCCCCCCC[C]1=[Sb][CH]=CC(CCCCCCCC)=C1CCCCCCCC. The molecule has 0 spiro atoms. The fourth-order valence-corrected chi connectivity index (χ4v) is 7.82. The van der Waals surface area contributed by atoms with E-state index in [9.17, 15) is 0 Å². The van der Waals surface area contributed by atoms with Gasteiger partial charge in [-0.15, -0.1) is 0 Å². The van der Waals surface area contributed by atoms with Crippen LogP contribution in [0, 0.1) is 0 Å². The van der Waals surface area contributed by atoms with Gasteiger partial charge >= 0.3 is 201 Å². The normalized spacial score (nSPS) is 13.9. The summed E-state index contributed by atoms with van der Waals surface area (Å²) >= 11 is -0.217. The van der Waals surface area contributed by atoms with Gasteiger partial charge in [-0.3, -0.25) is 0 Å². The van der Waals surface area contributed by atoms with E-state index in [1.165, 1.54) is 135 Å². The second kappa shape index (κ2) is 21.0. The van der Waals surface area contributed by atoms with Gasteiger partial charge in [-0.05, 0) is 0 Å². The molecular formula is C29H53Sb. The van der Waals surface area contributed by atoms with E-state index in [1.807, 2.05) is 9.02 Å². The third-order valence-electron chi connectivity index (χ3n) is 6.59.